The van der Waals surface area contributed by atoms with Crippen molar-refractivity contribution in [2.45, 2.75) is 155 Å². The van der Waals surface area contributed by atoms with Gasteiger partial charge in [-0.1, -0.05) is 146 Å². The van der Waals surface area contributed by atoms with Gasteiger partial charge in [-0.3, -0.25) is 34.0 Å². The number of carbonyl (C=O) groups excluding carboxylic acids is 1. The normalized spacial score (nSPS) is 17.2. The van der Waals surface area contributed by atoms with Gasteiger partial charge in [-0.15, -0.1) is 0 Å². The fourth-order valence-corrected chi connectivity index (χ4v) is 8.17. The first-order valence-corrected chi connectivity index (χ1v) is 22.4. The molecule has 3 rings (SSSR count). The fourth-order valence-electron chi connectivity index (χ4n) is 8.17. The number of hydrogen-bond donors (Lipinski definition) is 2. The molecule has 1 aliphatic heterocycles. The first kappa shape index (κ1) is 48.1. The van der Waals surface area contributed by atoms with Gasteiger partial charge < -0.3 is 14.9 Å². The molecular formula is C47H76N4O6. The van der Waals surface area contributed by atoms with Gasteiger partial charge in [-0.2, -0.15) is 0 Å². The van der Waals surface area contributed by atoms with Crippen LogP contribution in [0.2, 0.25) is 0 Å². The standard InChI is InChI=1S/C47H76N4O6/c1-4-7-10-16-21-43(46(53)54)49-32-30-48(38-42-28-26-41(27-29-42)25-24-40-19-14-13-15-20-40)31-33-51(45(57-39-52)23-18-12-9-6-3)37-36-50(35-34-49)44(47(55)56)22-17-11-8-5-2/h13-15,19-20,26-29,39,43-45H,4-12,16-18,21-25,30-38H2,1-3H3,(H,53,54)(H,55,56). The molecule has 3 unspecified atom stereocenters. The second-order valence-electron chi connectivity index (χ2n) is 16.1. The van der Waals surface area contributed by atoms with E-state index in [9.17, 15) is 24.6 Å². The van der Waals surface area contributed by atoms with E-state index >= 15 is 0 Å². The molecule has 1 saturated heterocycles. The van der Waals surface area contributed by atoms with Crippen LogP contribution in [0.5, 0.6) is 0 Å². The lowest BCUT2D eigenvalue weighted by Gasteiger charge is -2.39. The van der Waals surface area contributed by atoms with Gasteiger partial charge in [0.1, 0.15) is 12.1 Å². The van der Waals surface area contributed by atoms with Crippen molar-refractivity contribution in [3.8, 4) is 0 Å². The predicted molar refractivity (Wildman–Crippen MR) is 230 cm³/mol. The van der Waals surface area contributed by atoms with Gasteiger partial charge in [0.15, 0.2) is 6.23 Å². The Hall–Kier alpha value is -3.31. The van der Waals surface area contributed by atoms with E-state index in [1.807, 2.05) is 6.07 Å². The Balaban J connectivity index is 1.91. The van der Waals surface area contributed by atoms with Crippen LogP contribution in [0, 0.1) is 0 Å². The highest BCUT2D eigenvalue weighted by molar-refractivity contribution is 5.74. The minimum Gasteiger partial charge on any atom is -0.480 e. The molecule has 0 saturated carbocycles. The van der Waals surface area contributed by atoms with Gasteiger partial charge in [-0.05, 0) is 55.2 Å². The third kappa shape index (κ3) is 18.9. The number of aliphatic carboxylic acids is 2. The molecule has 0 aliphatic carbocycles. The second kappa shape index (κ2) is 29.0. The fraction of sp³-hybridized carbons (Fsp3) is 0.681. The SMILES string of the molecule is CCCCCCC(OC=O)N1CCN(Cc2ccc(CCc3ccccc3)cc2)CCN(C(CCCCCC)C(=O)O)CCN(C(CCCCCC)C(=O)O)CC1. The molecule has 2 aromatic carbocycles. The molecule has 57 heavy (non-hydrogen) atoms. The highest BCUT2D eigenvalue weighted by Crippen LogP contribution is 2.19. The molecule has 1 aliphatic rings. The van der Waals surface area contributed by atoms with Gasteiger partial charge >= 0.3 is 11.9 Å². The topological polar surface area (TPSA) is 114 Å². The van der Waals surface area contributed by atoms with Gasteiger partial charge in [0.25, 0.3) is 6.47 Å². The Labute approximate surface area is 344 Å². The summed E-state index contributed by atoms with van der Waals surface area (Å²) in [6.07, 6.45) is 15.7. The van der Waals surface area contributed by atoms with Crippen LogP contribution < -0.4 is 0 Å². The molecule has 3 atom stereocenters. The minimum atomic E-state index is -0.830. The number of nitrogens with zero attached hydrogens (tertiary/aromatic N) is 4. The maximum absolute atomic E-state index is 12.9. The third-order valence-corrected chi connectivity index (χ3v) is 11.8. The van der Waals surface area contributed by atoms with Crippen molar-refractivity contribution in [3.05, 3.63) is 71.3 Å². The van der Waals surface area contributed by atoms with E-state index in [1.54, 1.807) is 0 Å². The van der Waals surface area contributed by atoms with Crippen molar-refractivity contribution in [1.82, 2.24) is 19.6 Å². The van der Waals surface area contributed by atoms with E-state index in [4.69, 9.17) is 4.74 Å². The van der Waals surface area contributed by atoms with Crippen LogP contribution in [0.4, 0.5) is 0 Å². The molecule has 320 valence electrons. The van der Waals surface area contributed by atoms with E-state index in [0.29, 0.717) is 71.7 Å². The number of unbranched alkanes of at least 4 members (excludes halogenated alkanes) is 9. The Morgan fingerprint density at radius 3 is 1.46 bits per heavy atom. The Morgan fingerprint density at radius 1 is 0.561 bits per heavy atom. The molecule has 10 nitrogen and oxygen atoms in total. The lowest BCUT2D eigenvalue weighted by Crippen LogP contribution is -2.54. The van der Waals surface area contributed by atoms with Gasteiger partial charge in [0, 0.05) is 58.9 Å². The van der Waals surface area contributed by atoms with Gasteiger partial charge in [0.05, 0.1) is 0 Å². The average Bonchev–Trinajstić information content (AvgIpc) is 3.21. The number of rotatable bonds is 27. The van der Waals surface area contributed by atoms with Crippen LogP contribution in [0.25, 0.3) is 0 Å². The van der Waals surface area contributed by atoms with Gasteiger partial charge in [0.2, 0.25) is 0 Å². The summed E-state index contributed by atoms with van der Waals surface area (Å²) in [7, 11) is 0. The van der Waals surface area contributed by atoms with Crippen molar-refractivity contribution < 1.29 is 29.3 Å². The molecule has 0 bridgehead atoms. The van der Waals surface area contributed by atoms with Gasteiger partial charge in [-0.25, -0.2) is 0 Å². The van der Waals surface area contributed by atoms with Crippen molar-refractivity contribution in [2.24, 2.45) is 0 Å². The summed E-state index contributed by atoms with van der Waals surface area (Å²) in [5, 5.41) is 21.1. The summed E-state index contributed by atoms with van der Waals surface area (Å²) in [5.41, 5.74) is 3.83. The maximum atomic E-state index is 12.9. The molecule has 2 aromatic rings. The Bertz CT molecular complexity index is 1360. The zero-order valence-electron chi connectivity index (χ0n) is 35.7. The Morgan fingerprint density at radius 2 is 0.982 bits per heavy atom. The van der Waals surface area contributed by atoms with Crippen LogP contribution in [0.15, 0.2) is 54.6 Å². The number of benzene rings is 2. The van der Waals surface area contributed by atoms with Crippen molar-refractivity contribution >= 4 is 18.4 Å². The molecule has 0 amide bonds. The van der Waals surface area contributed by atoms with Crippen LogP contribution in [-0.2, 0) is 38.5 Å². The predicted octanol–water partition coefficient (Wildman–Crippen LogP) is 8.51. The van der Waals surface area contributed by atoms with Crippen LogP contribution in [0.3, 0.4) is 0 Å². The number of hydrogen-bond acceptors (Lipinski definition) is 8. The summed E-state index contributed by atoms with van der Waals surface area (Å²) < 4.78 is 5.79. The number of aryl methyl sites for hydroxylation is 2. The molecule has 1 fully saturated rings. The van der Waals surface area contributed by atoms with Crippen molar-refractivity contribution in [1.29, 1.82) is 0 Å². The Kier molecular flexibility index (Phi) is 24.4. The third-order valence-electron chi connectivity index (χ3n) is 11.8. The average molecular weight is 793 g/mol. The van der Waals surface area contributed by atoms with E-state index in [0.717, 1.165) is 103 Å². The van der Waals surface area contributed by atoms with Crippen molar-refractivity contribution in [2.75, 3.05) is 52.4 Å². The van der Waals surface area contributed by atoms with E-state index in [-0.39, 0.29) is 0 Å². The molecule has 1 heterocycles. The first-order chi connectivity index (χ1) is 27.8. The largest absolute Gasteiger partial charge is 0.480 e. The molecule has 0 aromatic heterocycles. The summed E-state index contributed by atoms with van der Waals surface area (Å²) in [6, 6.07) is 18.2. The zero-order chi connectivity index (χ0) is 41.1. The lowest BCUT2D eigenvalue weighted by atomic mass is 10.0. The van der Waals surface area contributed by atoms with Crippen LogP contribution in [-0.4, -0.2) is 119 Å². The number of carboxylic acids is 2. The number of carbonyl (C=O) groups is 3. The summed E-state index contributed by atoms with van der Waals surface area (Å²) >= 11 is 0. The second-order valence-corrected chi connectivity index (χ2v) is 16.1. The lowest BCUT2D eigenvalue weighted by molar-refractivity contribution is -0.148. The monoisotopic (exact) mass is 793 g/mol. The van der Waals surface area contributed by atoms with Crippen molar-refractivity contribution in [3.63, 3.8) is 0 Å². The zero-order valence-corrected chi connectivity index (χ0v) is 35.7. The molecule has 10 heteroatoms. The highest BCUT2D eigenvalue weighted by atomic mass is 16.5. The summed E-state index contributed by atoms with van der Waals surface area (Å²) in [4.78, 5) is 46.5. The number of carboxylic acid groups (broad SMARTS) is 2. The summed E-state index contributed by atoms with van der Waals surface area (Å²) in [5.74, 6) is -1.64. The van der Waals surface area contributed by atoms with E-state index in [2.05, 4.69) is 88.9 Å². The molecule has 0 radical (unpaired) electrons. The maximum Gasteiger partial charge on any atom is 0.320 e. The van der Waals surface area contributed by atoms with E-state index < -0.39 is 30.3 Å². The van der Waals surface area contributed by atoms with E-state index in [1.165, 1.54) is 16.7 Å². The highest BCUT2D eigenvalue weighted by Gasteiger charge is 2.31. The molecule has 0 spiro atoms. The van der Waals surface area contributed by atoms with Crippen LogP contribution >= 0.6 is 0 Å². The minimum absolute atomic E-state index is 0.390. The molecular weight excluding hydrogens is 717 g/mol. The smallest absolute Gasteiger partial charge is 0.320 e. The summed E-state index contributed by atoms with van der Waals surface area (Å²) in [6.45, 7) is 12.3. The quantitative estimate of drug-likeness (QED) is 0.0675. The number of ether oxygens (including phenoxy) is 1. The molecule has 2 N–H and O–H groups in total. The van der Waals surface area contributed by atoms with Crippen LogP contribution in [0.1, 0.15) is 134 Å². The first-order valence-electron chi connectivity index (χ1n) is 22.4.